The summed E-state index contributed by atoms with van der Waals surface area (Å²) in [6.45, 7) is 0. The second-order valence-corrected chi connectivity index (χ2v) is 10.00. The number of nitrogens with zero attached hydrogens (tertiary/aromatic N) is 1. The Hall–Kier alpha value is -4.00. The van der Waals surface area contributed by atoms with Crippen LogP contribution >= 0.6 is 7.92 Å². The normalized spacial score (nSPS) is 11.4. The molecule has 0 aliphatic rings. The van der Waals surface area contributed by atoms with Gasteiger partial charge in [0, 0.05) is 16.6 Å². The first-order chi connectivity index (χ1) is 16.9. The maximum Gasteiger partial charge on any atom is 0.138 e. The Kier molecular flexibility index (Phi) is 6.90. The first kappa shape index (κ1) is 21.8. The van der Waals surface area contributed by atoms with Crippen LogP contribution in [0.25, 0.3) is 0 Å². The molecule has 1 N–H and O–H groups in total. The third-order valence-electron chi connectivity index (χ3n) is 5.47. The SMILES string of the molecule is c1ccc(NC(=Nc2ccccc2P(c2ccccc2)c2ccccc2)c2ccccc2)cc1. The summed E-state index contributed by atoms with van der Waals surface area (Å²) in [4.78, 5) is 5.22. The number of para-hydroxylation sites is 2. The maximum atomic E-state index is 5.22. The highest BCUT2D eigenvalue weighted by Gasteiger charge is 2.19. The topological polar surface area (TPSA) is 24.4 Å². The van der Waals surface area contributed by atoms with Gasteiger partial charge >= 0.3 is 0 Å². The molecule has 0 unspecified atom stereocenters. The van der Waals surface area contributed by atoms with Gasteiger partial charge in [-0.25, -0.2) is 4.99 Å². The molecule has 0 amide bonds. The van der Waals surface area contributed by atoms with E-state index in [9.17, 15) is 0 Å². The smallest absolute Gasteiger partial charge is 0.138 e. The summed E-state index contributed by atoms with van der Waals surface area (Å²) < 4.78 is 0. The summed E-state index contributed by atoms with van der Waals surface area (Å²) in [7, 11) is -0.760. The van der Waals surface area contributed by atoms with Gasteiger partial charge < -0.3 is 5.32 Å². The number of aliphatic imine (C=N–C) groups is 1. The number of rotatable bonds is 6. The lowest BCUT2D eigenvalue weighted by atomic mass is 10.2. The fourth-order valence-electron chi connectivity index (χ4n) is 3.87. The fraction of sp³-hybridized carbons (Fsp3) is 0. The summed E-state index contributed by atoms with van der Waals surface area (Å²) in [5.74, 6) is 0.829. The highest BCUT2D eigenvalue weighted by atomic mass is 31.1. The number of hydrogen-bond acceptors (Lipinski definition) is 1. The predicted molar refractivity (Wildman–Crippen MR) is 148 cm³/mol. The van der Waals surface area contributed by atoms with Crippen LogP contribution in [-0.2, 0) is 0 Å². The van der Waals surface area contributed by atoms with Crippen LogP contribution in [0.5, 0.6) is 0 Å². The fourth-order valence-corrected chi connectivity index (χ4v) is 6.25. The molecule has 0 saturated carbocycles. The first-order valence-corrected chi connectivity index (χ1v) is 12.7. The summed E-state index contributed by atoms with van der Waals surface area (Å²) in [5, 5.41) is 7.40. The van der Waals surface area contributed by atoms with Crippen molar-refractivity contribution in [2.24, 2.45) is 4.99 Å². The van der Waals surface area contributed by atoms with Gasteiger partial charge in [-0.1, -0.05) is 127 Å². The Balaban J connectivity index is 1.65. The largest absolute Gasteiger partial charge is 0.340 e. The van der Waals surface area contributed by atoms with Gasteiger partial charge in [0.1, 0.15) is 5.84 Å². The van der Waals surface area contributed by atoms with Gasteiger partial charge in [-0.3, -0.25) is 0 Å². The molecule has 5 rings (SSSR count). The van der Waals surface area contributed by atoms with E-state index in [2.05, 4.69) is 115 Å². The van der Waals surface area contributed by atoms with Crippen LogP contribution in [0.15, 0.2) is 151 Å². The molecule has 0 aliphatic heterocycles. The van der Waals surface area contributed by atoms with Crippen molar-refractivity contribution in [3.05, 3.63) is 151 Å². The number of anilines is 1. The summed E-state index contributed by atoms with van der Waals surface area (Å²) in [6, 6.07) is 50.5. The van der Waals surface area contributed by atoms with Gasteiger partial charge in [0.2, 0.25) is 0 Å². The average Bonchev–Trinajstić information content (AvgIpc) is 2.92. The standard InChI is InChI=1S/C31H25N2P/c1-5-15-25(16-6-1)31(32-26-17-7-2-8-18-26)33-29-23-13-14-24-30(29)34(27-19-9-3-10-20-27)28-21-11-4-12-22-28/h1-24H,(H,32,33). The second kappa shape index (κ2) is 10.7. The van der Waals surface area contributed by atoms with Crippen molar-refractivity contribution in [3.63, 3.8) is 0 Å². The minimum absolute atomic E-state index is 0.760. The van der Waals surface area contributed by atoms with Gasteiger partial charge in [0.15, 0.2) is 0 Å². The third-order valence-corrected chi connectivity index (χ3v) is 7.96. The zero-order valence-corrected chi connectivity index (χ0v) is 19.6. The van der Waals surface area contributed by atoms with Crippen molar-refractivity contribution >= 4 is 41.0 Å². The van der Waals surface area contributed by atoms with E-state index >= 15 is 0 Å². The highest BCUT2D eigenvalue weighted by Crippen LogP contribution is 2.36. The van der Waals surface area contributed by atoms with E-state index < -0.39 is 7.92 Å². The maximum absolute atomic E-state index is 5.22. The molecule has 5 aromatic carbocycles. The minimum atomic E-state index is -0.760. The van der Waals surface area contributed by atoms with Gasteiger partial charge in [-0.15, -0.1) is 0 Å². The number of benzene rings is 5. The molecule has 3 heteroatoms. The van der Waals surface area contributed by atoms with E-state index in [-0.39, 0.29) is 0 Å². The lowest BCUT2D eigenvalue weighted by molar-refractivity contribution is 1.48. The van der Waals surface area contributed by atoms with Gasteiger partial charge in [-0.2, -0.15) is 0 Å². The molecule has 2 nitrogen and oxygen atoms in total. The summed E-state index contributed by atoms with van der Waals surface area (Å²) in [5.41, 5.74) is 3.03. The Morgan fingerprint density at radius 3 is 1.56 bits per heavy atom. The zero-order valence-electron chi connectivity index (χ0n) is 18.8. The molecule has 164 valence electrons. The summed E-state index contributed by atoms with van der Waals surface area (Å²) >= 11 is 0. The highest BCUT2D eigenvalue weighted by molar-refractivity contribution is 7.80. The summed E-state index contributed by atoms with van der Waals surface area (Å²) in [6.07, 6.45) is 0. The molecule has 5 aromatic rings. The van der Waals surface area contributed by atoms with Gasteiger partial charge in [-0.05, 0) is 36.7 Å². The molecule has 0 fully saturated rings. The van der Waals surface area contributed by atoms with E-state index in [4.69, 9.17) is 4.99 Å². The van der Waals surface area contributed by atoms with E-state index in [0.717, 1.165) is 22.8 Å². The Bertz CT molecular complexity index is 1310. The van der Waals surface area contributed by atoms with Crippen LogP contribution in [0.2, 0.25) is 0 Å². The van der Waals surface area contributed by atoms with Crippen LogP contribution in [0.4, 0.5) is 11.4 Å². The molecule has 0 spiro atoms. The van der Waals surface area contributed by atoms with E-state index in [1.807, 2.05) is 36.4 Å². The second-order valence-electron chi connectivity index (χ2n) is 7.81. The molecule has 0 saturated heterocycles. The quantitative estimate of drug-likeness (QED) is 0.173. The van der Waals surface area contributed by atoms with Crippen LogP contribution in [-0.4, -0.2) is 5.84 Å². The lowest BCUT2D eigenvalue weighted by Gasteiger charge is -2.21. The first-order valence-electron chi connectivity index (χ1n) is 11.3. The van der Waals surface area contributed by atoms with Crippen molar-refractivity contribution < 1.29 is 0 Å². The number of hydrogen-bond donors (Lipinski definition) is 1. The van der Waals surface area contributed by atoms with Crippen LogP contribution in [0.1, 0.15) is 5.56 Å². The van der Waals surface area contributed by atoms with Crippen LogP contribution in [0, 0.1) is 0 Å². The molecule has 0 bridgehead atoms. The van der Waals surface area contributed by atoms with Crippen molar-refractivity contribution in [2.75, 3.05) is 5.32 Å². The predicted octanol–water partition coefficient (Wildman–Crippen LogP) is 6.64. The molecule has 0 aromatic heterocycles. The third kappa shape index (κ3) is 5.14. The Labute approximate surface area is 202 Å². The molecule has 0 atom stereocenters. The molecule has 0 radical (unpaired) electrons. The zero-order chi connectivity index (χ0) is 23.0. The monoisotopic (exact) mass is 456 g/mol. The van der Waals surface area contributed by atoms with Crippen LogP contribution < -0.4 is 21.2 Å². The average molecular weight is 457 g/mol. The van der Waals surface area contributed by atoms with Crippen molar-refractivity contribution in [1.29, 1.82) is 0 Å². The van der Waals surface area contributed by atoms with Gasteiger partial charge in [0.05, 0.1) is 5.69 Å². The molecular formula is C31H25N2P. The minimum Gasteiger partial charge on any atom is -0.340 e. The van der Waals surface area contributed by atoms with E-state index in [1.54, 1.807) is 0 Å². The van der Waals surface area contributed by atoms with Crippen LogP contribution in [0.3, 0.4) is 0 Å². The van der Waals surface area contributed by atoms with Crippen molar-refractivity contribution in [1.82, 2.24) is 0 Å². The molecule has 34 heavy (non-hydrogen) atoms. The Morgan fingerprint density at radius 1 is 0.500 bits per heavy atom. The lowest BCUT2D eigenvalue weighted by Crippen LogP contribution is -2.21. The molecule has 0 heterocycles. The number of nitrogens with one attached hydrogen (secondary N) is 1. The van der Waals surface area contributed by atoms with Gasteiger partial charge in [0.25, 0.3) is 0 Å². The van der Waals surface area contributed by atoms with Crippen molar-refractivity contribution in [3.8, 4) is 0 Å². The molecule has 0 aliphatic carbocycles. The molecular weight excluding hydrogens is 431 g/mol. The number of amidine groups is 1. The van der Waals surface area contributed by atoms with E-state index in [0.29, 0.717) is 0 Å². The van der Waals surface area contributed by atoms with E-state index in [1.165, 1.54) is 15.9 Å². The Morgan fingerprint density at radius 2 is 0.971 bits per heavy atom. The van der Waals surface area contributed by atoms with Crippen molar-refractivity contribution in [2.45, 2.75) is 0 Å².